The fraction of sp³-hybridized carbons (Fsp3) is 0.346. The molecule has 1 saturated heterocycles. The van der Waals surface area contributed by atoms with Crippen LogP contribution in [0.2, 0.25) is 0 Å². The standard InChI is InChI=1S/C26H29N7O3S3/c1-16-12-20(36-32-16)21-5-6-22(38-21)39(34,35)25(33-10-8-28-9-11-33)17(2)26(27)24-23(30-15-31-26)19(14-37-24)18-4-3-7-29-13-18/h3-7,12-15,17,25,28H,8-11,27H2,1-2H3,(H,30,31). The lowest BCUT2D eigenvalue weighted by molar-refractivity contribution is 0.129. The third kappa shape index (κ3) is 4.62. The van der Waals surface area contributed by atoms with Crippen LogP contribution < -0.4 is 16.4 Å². The highest BCUT2D eigenvalue weighted by Gasteiger charge is 2.50. The number of nitrogens with one attached hydrogen (secondary N) is 2. The summed E-state index contributed by atoms with van der Waals surface area (Å²) in [6, 6.07) is 9.10. The quantitative estimate of drug-likeness (QED) is 0.298. The van der Waals surface area contributed by atoms with E-state index in [9.17, 15) is 8.42 Å². The highest BCUT2D eigenvalue weighted by Crippen LogP contribution is 2.48. The number of nitrogens with zero attached hydrogens (tertiary/aromatic N) is 4. The second kappa shape index (κ2) is 10.2. The number of pyridine rings is 1. The van der Waals surface area contributed by atoms with Crippen LogP contribution in [0.5, 0.6) is 0 Å². The van der Waals surface area contributed by atoms with Crippen LogP contribution in [-0.4, -0.2) is 61.3 Å². The van der Waals surface area contributed by atoms with Crippen LogP contribution in [0.4, 0.5) is 5.69 Å². The van der Waals surface area contributed by atoms with Crippen LogP contribution >= 0.6 is 22.7 Å². The lowest BCUT2D eigenvalue weighted by atomic mass is 9.89. The number of aromatic nitrogens is 2. The number of sulfone groups is 1. The molecule has 0 aliphatic carbocycles. The largest absolute Gasteiger partial charge is 0.355 e. The molecule has 0 saturated carbocycles. The number of hydrogen-bond donors (Lipinski definition) is 3. The molecule has 0 bridgehead atoms. The zero-order valence-corrected chi connectivity index (χ0v) is 23.9. The smallest absolute Gasteiger partial charge is 0.204 e. The summed E-state index contributed by atoms with van der Waals surface area (Å²) in [5, 5.41) is 11.7. The molecule has 4 aromatic rings. The number of piperazine rings is 1. The Balaban J connectivity index is 1.41. The van der Waals surface area contributed by atoms with E-state index in [2.05, 4.69) is 25.8 Å². The number of aryl methyl sites for hydroxylation is 1. The van der Waals surface area contributed by atoms with Gasteiger partial charge in [-0.05, 0) is 25.1 Å². The molecular formula is C26H29N7O3S3. The molecule has 0 radical (unpaired) electrons. The van der Waals surface area contributed by atoms with E-state index in [0.717, 1.165) is 27.4 Å². The van der Waals surface area contributed by atoms with Gasteiger partial charge in [0, 0.05) is 67.1 Å². The molecule has 4 N–H and O–H groups in total. The number of aliphatic imine (C=N–C) groups is 1. The summed E-state index contributed by atoms with van der Waals surface area (Å²) in [5.74, 6) is 0.0157. The van der Waals surface area contributed by atoms with Crippen molar-refractivity contribution in [3.05, 3.63) is 58.7 Å². The van der Waals surface area contributed by atoms with Gasteiger partial charge in [0.25, 0.3) is 0 Å². The van der Waals surface area contributed by atoms with Crippen molar-refractivity contribution in [1.29, 1.82) is 0 Å². The van der Waals surface area contributed by atoms with Gasteiger partial charge in [-0.25, -0.2) is 13.4 Å². The third-order valence-corrected chi connectivity index (χ3v) is 12.3. The Hall–Kier alpha value is -2.94. The zero-order chi connectivity index (χ0) is 27.2. The number of rotatable bonds is 7. The molecule has 0 amide bonds. The van der Waals surface area contributed by atoms with Gasteiger partial charge in [-0.3, -0.25) is 9.88 Å². The molecule has 13 heteroatoms. The lowest BCUT2D eigenvalue weighted by Crippen LogP contribution is -2.64. The first-order valence-corrected chi connectivity index (χ1v) is 15.9. The second-order valence-electron chi connectivity index (χ2n) is 9.80. The first kappa shape index (κ1) is 26.3. The maximum atomic E-state index is 14.4. The second-order valence-corrected chi connectivity index (χ2v) is 14.0. The summed E-state index contributed by atoms with van der Waals surface area (Å²) in [5.41, 5.74) is 9.34. The van der Waals surface area contributed by atoms with E-state index < -0.39 is 26.8 Å². The van der Waals surface area contributed by atoms with Crippen molar-refractivity contribution in [1.82, 2.24) is 25.7 Å². The van der Waals surface area contributed by atoms with E-state index in [4.69, 9.17) is 10.3 Å². The molecule has 6 heterocycles. The molecule has 2 aliphatic rings. The van der Waals surface area contributed by atoms with Crippen molar-refractivity contribution < 1.29 is 12.9 Å². The lowest BCUT2D eigenvalue weighted by Gasteiger charge is -2.45. The molecule has 10 nitrogen and oxygen atoms in total. The van der Waals surface area contributed by atoms with Crippen LogP contribution in [-0.2, 0) is 15.5 Å². The summed E-state index contributed by atoms with van der Waals surface area (Å²) in [7, 11) is -3.83. The van der Waals surface area contributed by atoms with Crippen molar-refractivity contribution in [2.24, 2.45) is 16.6 Å². The van der Waals surface area contributed by atoms with Crippen LogP contribution in [0.25, 0.3) is 21.8 Å². The molecule has 0 spiro atoms. The first-order valence-electron chi connectivity index (χ1n) is 12.6. The zero-order valence-electron chi connectivity index (χ0n) is 21.5. The van der Waals surface area contributed by atoms with E-state index in [0.29, 0.717) is 36.8 Å². The molecule has 1 fully saturated rings. The van der Waals surface area contributed by atoms with Crippen molar-refractivity contribution in [3.8, 4) is 21.8 Å². The third-order valence-electron chi connectivity index (χ3n) is 7.32. The molecule has 204 valence electrons. The fourth-order valence-electron chi connectivity index (χ4n) is 5.25. The van der Waals surface area contributed by atoms with Crippen molar-refractivity contribution in [2.45, 2.75) is 29.1 Å². The molecular weight excluding hydrogens is 555 g/mol. The van der Waals surface area contributed by atoms with Crippen molar-refractivity contribution in [3.63, 3.8) is 0 Å². The summed E-state index contributed by atoms with van der Waals surface area (Å²) in [6.45, 7) is 6.34. The maximum Gasteiger partial charge on any atom is 0.204 e. The Morgan fingerprint density at radius 3 is 2.77 bits per heavy atom. The molecule has 3 unspecified atom stereocenters. The minimum Gasteiger partial charge on any atom is -0.355 e. The van der Waals surface area contributed by atoms with Gasteiger partial charge in [-0.15, -0.1) is 22.7 Å². The van der Waals surface area contributed by atoms with Crippen molar-refractivity contribution in [2.75, 3.05) is 26.2 Å². The van der Waals surface area contributed by atoms with E-state index in [1.54, 1.807) is 36.9 Å². The summed E-state index contributed by atoms with van der Waals surface area (Å²) in [6.07, 6.45) is 5.10. The van der Waals surface area contributed by atoms with E-state index >= 15 is 0 Å². The number of hydrogen-bond acceptors (Lipinski definition) is 12. The van der Waals surface area contributed by atoms with Gasteiger partial charge in [-0.2, -0.15) is 0 Å². The Morgan fingerprint density at radius 2 is 2.05 bits per heavy atom. The summed E-state index contributed by atoms with van der Waals surface area (Å²) >= 11 is 2.68. The van der Waals surface area contributed by atoms with Gasteiger partial charge in [0.2, 0.25) is 9.84 Å². The fourth-order valence-corrected chi connectivity index (χ4v) is 10.0. The minimum absolute atomic E-state index is 0.275. The normalized spacial score (nSPS) is 21.3. The predicted octanol–water partition coefficient (Wildman–Crippen LogP) is 3.55. The Labute approximate surface area is 234 Å². The Kier molecular flexibility index (Phi) is 6.90. The van der Waals surface area contributed by atoms with Gasteiger partial charge < -0.3 is 20.9 Å². The number of nitrogens with two attached hydrogens (primary N) is 1. The highest BCUT2D eigenvalue weighted by molar-refractivity contribution is 7.94. The van der Waals surface area contributed by atoms with Crippen LogP contribution in [0, 0.1) is 12.8 Å². The summed E-state index contributed by atoms with van der Waals surface area (Å²) < 4.78 is 34.5. The molecule has 4 aromatic heterocycles. The van der Waals surface area contributed by atoms with E-state index in [1.165, 1.54) is 22.7 Å². The van der Waals surface area contributed by atoms with E-state index in [1.807, 2.05) is 36.3 Å². The SMILES string of the molecule is Cc1cc(-c2ccc(S(=O)(=O)C(C(C)C3(N)NC=Nc4c(-c5cccnc5)csc43)N3CCNCC3)s2)on1. The van der Waals surface area contributed by atoms with Gasteiger partial charge in [0.05, 0.1) is 27.5 Å². The predicted molar refractivity (Wildman–Crippen MR) is 154 cm³/mol. The van der Waals surface area contributed by atoms with E-state index in [-0.39, 0.29) is 4.21 Å². The van der Waals surface area contributed by atoms with Crippen LogP contribution in [0.1, 0.15) is 17.5 Å². The number of thiophene rings is 2. The van der Waals surface area contributed by atoms with Crippen LogP contribution in [0.3, 0.4) is 0 Å². The number of fused-ring (bicyclic) bond motifs is 1. The topological polar surface area (TPSA) is 139 Å². The Morgan fingerprint density at radius 1 is 1.23 bits per heavy atom. The van der Waals surface area contributed by atoms with Crippen molar-refractivity contribution >= 4 is 44.5 Å². The molecule has 6 rings (SSSR count). The maximum absolute atomic E-state index is 14.4. The highest BCUT2D eigenvalue weighted by atomic mass is 32.2. The average Bonchev–Trinajstić information content (AvgIpc) is 3.70. The van der Waals surface area contributed by atoms with Crippen LogP contribution in [0.15, 0.2) is 61.8 Å². The molecule has 3 atom stereocenters. The Bertz CT molecular complexity index is 1610. The molecule has 2 aliphatic heterocycles. The molecule has 39 heavy (non-hydrogen) atoms. The first-order chi connectivity index (χ1) is 18.8. The van der Waals surface area contributed by atoms with Gasteiger partial charge in [0.15, 0.2) is 5.76 Å². The molecule has 0 aromatic carbocycles. The van der Waals surface area contributed by atoms with Gasteiger partial charge in [-0.1, -0.05) is 18.1 Å². The monoisotopic (exact) mass is 583 g/mol. The average molecular weight is 584 g/mol. The van der Waals surface area contributed by atoms with Gasteiger partial charge in [0.1, 0.15) is 15.2 Å². The van der Waals surface area contributed by atoms with Gasteiger partial charge >= 0.3 is 0 Å². The summed E-state index contributed by atoms with van der Waals surface area (Å²) in [4.78, 5) is 12.4. The minimum atomic E-state index is -3.83.